The third-order valence-corrected chi connectivity index (χ3v) is 5.62. The van der Waals surface area contributed by atoms with Gasteiger partial charge in [0.25, 0.3) is 10.0 Å². The van der Waals surface area contributed by atoms with E-state index in [2.05, 4.69) is 14.9 Å². The average Bonchev–Trinajstić information content (AvgIpc) is 2.91. The largest absolute Gasteiger partial charge is 0.332 e. The summed E-state index contributed by atoms with van der Waals surface area (Å²) < 4.78 is 26.4. The summed E-state index contributed by atoms with van der Waals surface area (Å²) >= 11 is 0. The highest BCUT2D eigenvalue weighted by Gasteiger charge is 2.29. The number of unbranched alkanes of at least 4 members (excludes halogenated alkanes) is 2. The number of nitrogens with two attached hydrogens (primary N) is 1. The lowest BCUT2D eigenvalue weighted by atomic mass is 10.2. The first-order valence-electron chi connectivity index (χ1n) is 7.48. The number of hydrogen-bond donors (Lipinski definition) is 2. The Bertz CT molecular complexity index is 535. The third-order valence-electron chi connectivity index (χ3n) is 3.81. The van der Waals surface area contributed by atoms with E-state index >= 15 is 0 Å². The summed E-state index contributed by atoms with van der Waals surface area (Å²) in [7, 11) is -3.42. The molecule has 0 radical (unpaired) electrons. The maximum absolute atomic E-state index is 12.4. The maximum atomic E-state index is 12.4. The van der Waals surface area contributed by atoms with Crippen molar-refractivity contribution in [2.75, 3.05) is 39.3 Å². The van der Waals surface area contributed by atoms with Gasteiger partial charge >= 0.3 is 0 Å². The molecule has 0 aliphatic carbocycles. The maximum Gasteiger partial charge on any atom is 0.260 e. The number of hydrogen-bond acceptors (Lipinski definition) is 5. The molecule has 0 aromatic carbocycles. The van der Waals surface area contributed by atoms with Crippen LogP contribution >= 0.6 is 0 Å². The van der Waals surface area contributed by atoms with Crippen LogP contribution in [-0.4, -0.2) is 66.9 Å². The van der Waals surface area contributed by atoms with Gasteiger partial charge in [0.2, 0.25) is 0 Å². The minimum Gasteiger partial charge on any atom is -0.332 e. The quantitative estimate of drug-likeness (QED) is 0.699. The molecule has 1 aliphatic heterocycles. The van der Waals surface area contributed by atoms with E-state index < -0.39 is 10.0 Å². The van der Waals surface area contributed by atoms with E-state index in [0.29, 0.717) is 18.9 Å². The zero-order chi connectivity index (χ0) is 15.3. The van der Waals surface area contributed by atoms with Crippen LogP contribution in [0.15, 0.2) is 11.2 Å². The second kappa shape index (κ2) is 7.35. The predicted molar refractivity (Wildman–Crippen MR) is 81.4 cm³/mol. The lowest BCUT2D eigenvalue weighted by molar-refractivity contribution is 0.185. The number of aromatic nitrogens is 2. The summed E-state index contributed by atoms with van der Waals surface area (Å²) in [6.45, 7) is 6.17. The number of sulfonamides is 1. The van der Waals surface area contributed by atoms with Gasteiger partial charge in [-0.1, -0.05) is 6.42 Å². The molecule has 8 heteroatoms. The number of piperazine rings is 1. The average molecular weight is 315 g/mol. The van der Waals surface area contributed by atoms with E-state index in [1.165, 1.54) is 10.5 Å². The van der Waals surface area contributed by atoms with Crippen molar-refractivity contribution < 1.29 is 8.42 Å². The van der Waals surface area contributed by atoms with Gasteiger partial charge < -0.3 is 15.6 Å². The Morgan fingerprint density at radius 2 is 1.95 bits per heavy atom. The molecule has 0 saturated carbocycles. The van der Waals surface area contributed by atoms with Crippen LogP contribution in [0, 0.1) is 6.92 Å². The molecule has 21 heavy (non-hydrogen) atoms. The van der Waals surface area contributed by atoms with E-state index in [1.807, 2.05) is 0 Å². The molecule has 0 amide bonds. The summed E-state index contributed by atoms with van der Waals surface area (Å²) in [5.74, 6) is 0.618. The van der Waals surface area contributed by atoms with Gasteiger partial charge in [0, 0.05) is 26.2 Å². The van der Waals surface area contributed by atoms with Gasteiger partial charge in [0.15, 0.2) is 5.03 Å². The van der Waals surface area contributed by atoms with E-state index in [4.69, 9.17) is 5.73 Å². The zero-order valence-electron chi connectivity index (χ0n) is 12.6. The van der Waals surface area contributed by atoms with Gasteiger partial charge in [-0.2, -0.15) is 4.31 Å². The fourth-order valence-electron chi connectivity index (χ4n) is 2.52. The first kappa shape index (κ1) is 16.4. The van der Waals surface area contributed by atoms with E-state index in [0.717, 1.165) is 45.4 Å². The van der Waals surface area contributed by atoms with Crippen molar-refractivity contribution in [3.63, 3.8) is 0 Å². The molecule has 3 N–H and O–H groups in total. The van der Waals surface area contributed by atoms with Crippen LogP contribution in [-0.2, 0) is 10.0 Å². The van der Waals surface area contributed by atoms with E-state index in [1.54, 1.807) is 6.92 Å². The van der Waals surface area contributed by atoms with Crippen molar-refractivity contribution in [3.05, 3.63) is 12.0 Å². The number of aromatic amines is 1. The van der Waals surface area contributed by atoms with Crippen LogP contribution in [0.5, 0.6) is 0 Å². The molecule has 1 saturated heterocycles. The molecule has 7 nitrogen and oxygen atoms in total. The molecular weight excluding hydrogens is 290 g/mol. The van der Waals surface area contributed by atoms with Crippen LogP contribution in [0.3, 0.4) is 0 Å². The second-order valence-electron chi connectivity index (χ2n) is 5.43. The molecule has 1 aliphatic rings. The molecule has 0 unspecified atom stereocenters. The molecule has 1 aromatic heterocycles. The highest BCUT2D eigenvalue weighted by atomic mass is 32.2. The number of nitrogens with zero attached hydrogens (tertiary/aromatic N) is 3. The Hall–Kier alpha value is -0.960. The fraction of sp³-hybridized carbons (Fsp3) is 0.769. The number of rotatable bonds is 7. The van der Waals surface area contributed by atoms with E-state index in [9.17, 15) is 8.42 Å². The molecule has 0 atom stereocenters. The van der Waals surface area contributed by atoms with Gasteiger partial charge in [-0.15, -0.1) is 0 Å². The van der Waals surface area contributed by atoms with Crippen LogP contribution in [0.2, 0.25) is 0 Å². The summed E-state index contributed by atoms with van der Waals surface area (Å²) in [6.07, 6.45) is 4.73. The Morgan fingerprint density at radius 3 is 2.52 bits per heavy atom. The standard InChI is InChI=1S/C13H25N5O2S/c1-12-15-11-13(16-12)21(19,20)18-9-7-17(8-10-18)6-4-2-3-5-14/h11H,2-10,14H2,1H3,(H,15,16). The minimum atomic E-state index is -3.42. The number of aryl methyl sites for hydroxylation is 1. The van der Waals surface area contributed by atoms with Crippen molar-refractivity contribution in [1.82, 2.24) is 19.2 Å². The van der Waals surface area contributed by atoms with Gasteiger partial charge in [-0.05, 0) is 32.9 Å². The molecule has 2 heterocycles. The Morgan fingerprint density at radius 1 is 1.24 bits per heavy atom. The predicted octanol–water partition coefficient (Wildman–Crippen LogP) is 0.153. The summed E-state index contributed by atoms with van der Waals surface area (Å²) in [4.78, 5) is 9.10. The van der Waals surface area contributed by atoms with Crippen molar-refractivity contribution in [2.24, 2.45) is 5.73 Å². The molecule has 0 spiro atoms. The number of nitrogens with one attached hydrogen (secondary N) is 1. The topological polar surface area (TPSA) is 95.3 Å². The first-order chi connectivity index (χ1) is 10.0. The molecular formula is C13H25N5O2S. The Balaban J connectivity index is 1.83. The van der Waals surface area contributed by atoms with Crippen LogP contribution in [0.4, 0.5) is 0 Å². The van der Waals surface area contributed by atoms with Gasteiger partial charge in [0.05, 0.1) is 6.20 Å². The number of imidazole rings is 1. The van der Waals surface area contributed by atoms with Crippen molar-refractivity contribution in [2.45, 2.75) is 31.2 Å². The minimum absolute atomic E-state index is 0.191. The SMILES string of the molecule is Cc1ncc(S(=O)(=O)N2CCN(CCCCCN)CC2)[nH]1. The zero-order valence-corrected chi connectivity index (χ0v) is 13.4. The molecule has 1 fully saturated rings. The van der Waals surface area contributed by atoms with Crippen LogP contribution in [0.1, 0.15) is 25.1 Å². The molecule has 1 aromatic rings. The Labute approximate surface area is 126 Å². The highest BCUT2D eigenvalue weighted by Crippen LogP contribution is 2.16. The normalized spacial score (nSPS) is 18.2. The molecule has 2 rings (SSSR count). The van der Waals surface area contributed by atoms with Crippen molar-refractivity contribution in [3.8, 4) is 0 Å². The first-order valence-corrected chi connectivity index (χ1v) is 8.92. The summed E-state index contributed by atoms with van der Waals surface area (Å²) in [5, 5.41) is 0.191. The van der Waals surface area contributed by atoms with Gasteiger partial charge in [-0.3, -0.25) is 0 Å². The smallest absolute Gasteiger partial charge is 0.260 e. The second-order valence-corrected chi connectivity index (χ2v) is 7.33. The lowest BCUT2D eigenvalue weighted by Gasteiger charge is -2.33. The number of H-pyrrole nitrogens is 1. The molecule has 0 bridgehead atoms. The Kier molecular flexibility index (Phi) is 5.74. The van der Waals surface area contributed by atoms with Crippen molar-refractivity contribution in [1.29, 1.82) is 0 Å². The fourth-order valence-corrected chi connectivity index (χ4v) is 3.90. The summed E-state index contributed by atoms with van der Waals surface area (Å²) in [5.41, 5.74) is 5.48. The molecule has 120 valence electrons. The lowest BCUT2D eigenvalue weighted by Crippen LogP contribution is -2.48. The van der Waals surface area contributed by atoms with Gasteiger partial charge in [-0.25, -0.2) is 13.4 Å². The van der Waals surface area contributed by atoms with Crippen LogP contribution < -0.4 is 5.73 Å². The van der Waals surface area contributed by atoms with Gasteiger partial charge in [0.1, 0.15) is 5.82 Å². The third kappa shape index (κ3) is 4.26. The van der Waals surface area contributed by atoms with Crippen LogP contribution in [0.25, 0.3) is 0 Å². The van der Waals surface area contributed by atoms with E-state index in [-0.39, 0.29) is 5.03 Å². The monoisotopic (exact) mass is 315 g/mol. The summed E-state index contributed by atoms with van der Waals surface area (Å²) in [6, 6.07) is 0. The van der Waals surface area contributed by atoms with Crippen molar-refractivity contribution >= 4 is 10.0 Å². The highest BCUT2D eigenvalue weighted by molar-refractivity contribution is 7.89.